The van der Waals surface area contributed by atoms with Crippen LogP contribution in [0.15, 0.2) is 114 Å². The normalized spacial score (nSPS) is 13.7. The van der Waals surface area contributed by atoms with Crippen molar-refractivity contribution >= 4 is 35.2 Å². The van der Waals surface area contributed by atoms with Crippen molar-refractivity contribution in [2.24, 2.45) is 0 Å². The van der Waals surface area contributed by atoms with E-state index in [1.807, 2.05) is 91.0 Å². The van der Waals surface area contributed by atoms with Gasteiger partial charge in [0, 0.05) is 21.9 Å². The molecule has 6 rings (SSSR count). The Morgan fingerprint density at radius 2 is 1.24 bits per heavy atom. The summed E-state index contributed by atoms with van der Waals surface area (Å²) in [4.78, 5) is 39.7. The number of ketones is 1. The lowest BCUT2D eigenvalue weighted by Gasteiger charge is -2.41. The molecule has 1 aliphatic carbocycles. The van der Waals surface area contributed by atoms with Gasteiger partial charge in [-0.05, 0) is 34.3 Å². The van der Waals surface area contributed by atoms with Crippen molar-refractivity contribution in [3.05, 3.63) is 131 Å². The van der Waals surface area contributed by atoms with E-state index in [1.54, 1.807) is 22.8 Å². The van der Waals surface area contributed by atoms with E-state index in [0.717, 1.165) is 15.9 Å². The van der Waals surface area contributed by atoms with Crippen molar-refractivity contribution in [2.75, 3.05) is 0 Å². The lowest BCUT2D eigenvalue weighted by molar-refractivity contribution is 0.104. The third kappa shape index (κ3) is 4.39. The molecule has 0 fully saturated rings. The minimum Gasteiger partial charge on any atom is -0.424 e. The van der Waals surface area contributed by atoms with Gasteiger partial charge in [-0.15, -0.1) is 0 Å². The Kier molecular flexibility index (Phi) is 6.86. The molecule has 0 bridgehead atoms. The second-order valence-corrected chi connectivity index (χ2v) is 15.5. The van der Waals surface area contributed by atoms with Gasteiger partial charge in [-0.1, -0.05) is 117 Å². The fourth-order valence-electron chi connectivity index (χ4n) is 6.42. The predicted molar refractivity (Wildman–Crippen MR) is 166 cm³/mol. The van der Waals surface area contributed by atoms with Crippen molar-refractivity contribution < 1.29 is 14.7 Å². The molecule has 0 amide bonds. The minimum atomic E-state index is -3.23. The first-order chi connectivity index (χ1) is 19.7. The zero-order valence-corrected chi connectivity index (χ0v) is 24.2. The van der Waals surface area contributed by atoms with Gasteiger partial charge in [-0.2, -0.15) is 0 Å². The van der Waals surface area contributed by atoms with E-state index in [4.69, 9.17) is 0 Å². The fraction of sp³-hybridized carbons (Fsp3) is 0.200. The summed E-state index contributed by atoms with van der Waals surface area (Å²) in [6, 6.07) is 34.2. The first-order valence-electron chi connectivity index (χ1n) is 14.0. The Morgan fingerprint density at radius 1 is 0.732 bits per heavy atom. The number of nitrogens with zero attached hydrogens (tertiary/aromatic N) is 1. The Balaban J connectivity index is 1.35. The Bertz CT molecular complexity index is 1770. The van der Waals surface area contributed by atoms with Crippen LogP contribution >= 0.6 is 0 Å². The highest BCUT2D eigenvalue weighted by Crippen LogP contribution is 2.41. The molecule has 5 nitrogen and oxygen atoms in total. The van der Waals surface area contributed by atoms with Crippen LogP contribution in [0, 0.1) is 0 Å². The molecule has 206 valence electrons. The van der Waals surface area contributed by atoms with E-state index in [2.05, 4.69) is 13.8 Å². The van der Waals surface area contributed by atoms with E-state index >= 15 is 0 Å². The van der Waals surface area contributed by atoms with Gasteiger partial charge >= 0.3 is 0 Å². The topological polar surface area (TPSA) is 79.5 Å². The van der Waals surface area contributed by atoms with E-state index in [1.165, 1.54) is 0 Å². The molecule has 0 spiro atoms. The van der Waals surface area contributed by atoms with E-state index in [0.29, 0.717) is 40.4 Å². The number of fused-ring (bicyclic) bond motifs is 5. The maximum Gasteiger partial charge on any atom is 0.259 e. The third-order valence-electron chi connectivity index (χ3n) is 8.69. The predicted octanol–water partition coefficient (Wildman–Crippen LogP) is 4.89. The standard InChI is InChI=1S/C35H33NO4Si/c1-35(2,41(40,25-13-5-3-6-14-25)26-15-7-4-8-16-26)22-21-24(37)23-36-32-28-18-10-11-19-29(28)33(38)31(32)27-17-9-12-20-30(27)34(36)39/h3-20,24,37,40H,21-23H2,1-2H3. The maximum absolute atomic E-state index is 13.8. The van der Waals surface area contributed by atoms with Crippen LogP contribution in [0.1, 0.15) is 42.6 Å². The zero-order chi connectivity index (χ0) is 28.8. The summed E-state index contributed by atoms with van der Waals surface area (Å²) in [5.74, 6) is -0.0991. The summed E-state index contributed by atoms with van der Waals surface area (Å²) >= 11 is 0. The molecule has 0 aliphatic heterocycles. The molecule has 4 aromatic carbocycles. The fourth-order valence-corrected chi connectivity index (χ4v) is 10.2. The highest BCUT2D eigenvalue weighted by molar-refractivity contribution is 6.98. The number of hydrogen-bond donors (Lipinski definition) is 2. The first-order valence-corrected chi connectivity index (χ1v) is 16.0. The molecular weight excluding hydrogens is 526 g/mol. The van der Waals surface area contributed by atoms with Gasteiger partial charge in [0.15, 0.2) is 5.78 Å². The third-order valence-corrected chi connectivity index (χ3v) is 13.2. The van der Waals surface area contributed by atoms with E-state index in [9.17, 15) is 19.5 Å². The average Bonchev–Trinajstić information content (AvgIpc) is 3.31. The molecule has 6 heteroatoms. The van der Waals surface area contributed by atoms with Gasteiger partial charge in [0.1, 0.15) is 0 Å². The second-order valence-electron chi connectivity index (χ2n) is 11.6. The molecular formula is C35H33NO4Si. The van der Waals surface area contributed by atoms with Crippen molar-refractivity contribution in [1.29, 1.82) is 0 Å². The smallest absolute Gasteiger partial charge is 0.259 e. The Hall–Kier alpha value is -4.10. The van der Waals surface area contributed by atoms with E-state index < -0.39 is 19.5 Å². The number of pyridine rings is 1. The lowest BCUT2D eigenvalue weighted by Crippen LogP contribution is -2.65. The number of benzene rings is 4. The van der Waals surface area contributed by atoms with Crippen LogP contribution in [0.3, 0.4) is 0 Å². The van der Waals surface area contributed by atoms with Gasteiger partial charge in [0.25, 0.3) is 13.9 Å². The highest BCUT2D eigenvalue weighted by atomic mass is 28.4. The number of aliphatic hydroxyl groups is 1. The summed E-state index contributed by atoms with van der Waals surface area (Å²) in [7, 11) is -3.23. The molecule has 1 unspecified atom stereocenters. The molecule has 0 saturated heterocycles. The molecule has 1 heterocycles. The largest absolute Gasteiger partial charge is 0.424 e. The van der Waals surface area contributed by atoms with Crippen LogP contribution in [0.5, 0.6) is 0 Å². The molecule has 0 saturated carbocycles. The zero-order valence-electron chi connectivity index (χ0n) is 23.2. The van der Waals surface area contributed by atoms with Crippen LogP contribution in [0.2, 0.25) is 5.04 Å². The molecule has 1 aromatic heterocycles. The van der Waals surface area contributed by atoms with E-state index in [-0.39, 0.29) is 17.9 Å². The molecule has 0 radical (unpaired) electrons. The maximum atomic E-state index is 13.8. The van der Waals surface area contributed by atoms with Gasteiger partial charge in [-0.3, -0.25) is 9.59 Å². The van der Waals surface area contributed by atoms with Crippen molar-refractivity contribution in [3.63, 3.8) is 0 Å². The van der Waals surface area contributed by atoms with Crippen molar-refractivity contribution in [2.45, 2.75) is 44.4 Å². The highest BCUT2D eigenvalue weighted by Gasteiger charge is 2.49. The summed E-state index contributed by atoms with van der Waals surface area (Å²) < 4.78 is 1.58. The van der Waals surface area contributed by atoms with Gasteiger partial charge in [0.2, 0.25) is 0 Å². The first kappa shape index (κ1) is 27.1. The van der Waals surface area contributed by atoms with Crippen molar-refractivity contribution in [3.8, 4) is 11.3 Å². The van der Waals surface area contributed by atoms with Crippen LogP contribution in [0.4, 0.5) is 0 Å². The monoisotopic (exact) mass is 559 g/mol. The average molecular weight is 560 g/mol. The SMILES string of the molecule is CC(C)(CCC(O)Cn1c2c(c3ccccc3c1=O)C(=O)c1ccccc1-2)[Si](O)(c1ccccc1)c1ccccc1. The van der Waals surface area contributed by atoms with Gasteiger partial charge in [0.05, 0.1) is 23.9 Å². The summed E-state index contributed by atoms with van der Waals surface area (Å²) in [5.41, 5.74) is 2.17. The minimum absolute atomic E-state index is 0.0559. The second kappa shape index (κ2) is 10.4. The number of aromatic nitrogens is 1. The number of rotatable bonds is 8. The molecule has 1 aliphatic rings. The number of carbonyl (C=O) groups excluding carboxylic acids is 1. The number of aliphatic hydroxyl groups excluding tert-OH is 1. The van der Waals surface area contributed by atoms with Crippen LogP contribution in [0.25, 0.3) is 22.0 Å². The Labute approximate surface area is 240 Å². The molecule has 5 aromatic rings. The van der Waals surface area contributed by atoms with Gasteiger partial charge < -0.3 is 14.5 Å². The number of hydrogen-bond acceptors (Lipinski definition) is 4. The lowest BCUT2D eigenvalue weighted by atomic mass is 10.0. The summed E-state index contributed by atoms with van der Waals surface area (Å²) in [6.07, 6.45) is 0.0664. The van der Waals surface area contributed by atoms with Crippen LogP contribution in [-0.2, 0) is 6.54 Å². The molecule has 41 heavy (non-hydrogen) atoms. The summed E-state index contributed by atoms with van der Waals surface area (Å²) in [5, 5.41) is 13.8. The molecule has 1 atom stereocenters. The van der Waals surface area contributed by atoms with Crippen LogP contribution < -0.4 is 15.9 Å². The molecule has 2 N–H and O–H groups in total. The quantitative estimate of drug-likeness (QED) is 0.261. The number of carbonyl (C=O) groups is 1. The summed E-state index contributed by atoms with van der Waals surface area (Å²) in [6.45, 7) is 4.20. The Morgan fingerprint density at radius 3 is 1.85 bits per heavy atom. The van der Waals surface area contributed by atoms with Crippen LogP contribution in [-0.4, -0.2) is 34.7 Å². The van der Waals surface area contributed by atoms with Crippen molar-refractivity contribution in [1.82, 2.24) is 4.57 Å². The van der Waals surface area contributed by atoms with Gasteiger partial charge in [-0.25, -0.2) is 0 Å².